The molecule has 0 aromatic heterocycles. The van der Waals surface area contributed by atoms with Gasteiger partial charge in [-0.25, -0.2) is 4.79 Å². The van der Waals surface area contributed by atoms with E-state index in [2.05, 4.69) is 5.32 Å². The van der Waals surface area contributed by atoms with Crippen LogP contribution < -0.4 is 5.32 Å². The van der Waals surface area contributed by atoms with E-state index in [0.29, 0.717) is 12.8 Å². The van der Waals surface area contributed by atoms with Crippen molar-refractivity contribution in [2.75, 3.05) is 6.54 Å². The Morgan fingerprint density at radius 3 is 2.41 bits per heavy atom. The molecule has 98 valence electrons. The first kappa shape index (κ1) is 13.9. The standard InChI is InChI=1S/C11H19NO5/c1-6(2)7(13)5-12-10(14)8-3-4-9(17-8)11(15)16/h6-9,13H,3-5H2,1-2H3,(H,12,14)(H,15,16)/t7?,8-,9+/m0/s1. The van der Waals surface area contributed by atoms with E-state index in [1.807, 2.05) is 13.8 Å². The van der Waals surface area contributed by atoms with Crippen LogP contribution in [0, 0.1) is 5.92 Å². The number of carboxylic acids is 1. The lowest BCUT2D eigenvalue weighted by Crippen LogP contribution is -2.40. The third kappa shape index (κ3) is 3.98. The first-order valence-electron chi connectivity index (χ1n) is 5.76. The van der Waals surface area contributed by atoms with Crippen molar-refractivity contribution < 1.29 is 24.5 Å². The molecule has 0 aromatic rings. The zero-order valence-electron chi connectivity index (χ0n) is 10.0. The molecule has 1 aliphatic rings. The minimum absolute atomic E-state index is 0.0616. The fraction of sp³-hybridized carbons (Fsp3) is 0.818. The van der Waals surface area contributed by atoms with Crippen molar-refractivity contribution in [2.45, 2.75) is 45.0 Å². The summed E-state index contributed by atoms with van der Waals surface area (Å²) in [6, 6.07) is 0. The summed E-state index contributed by atoms with van der Waals surface area (Å²) >= 11 is 0. The molecule has 0 aromatic carbocycles. The smallest absolute Gasteiger partial charge is 0.332 e. The molecule has 6 nitrogen and oxygen atoms in total. The van der Waals surface area contributed by atoms with Crippen LogP contribution in [0.25, 0.3) is 0 Å². The Labute approximate surface area is 100.0 Å². The lowest BCUT2D eigenvalue weighted by molar-refractivity contribution is -0.151. The van der Waals surface area contributed by atoms with E-state index in [4.69, 9.17) is 9.84 Å². The Morgan fingerprint density at radius 1 is 1.35 bits per heavy atom. The van der Waals surface area contributed by atoms with Gasteiger partial charge in [0, 0.05) is 6.54 Å². The molecule has 1 amide bonds. The van der Waals surface area contributed by atoms with Crippen molar-refractivity contribution in [2.24, 2.45) is 5.92 Å². The molecule has 0 bridgehead atoms. The van der Waals surface area contributed by atoms with Crippen molar-refractivity contribution in [3.63, 3.8) is 0 Å². The molecule has 3 N–H and O–H groups in total. The molecule has 1 fully saturated rings. The van der Waals surface area contributed by atoms with Gasteiger partial charge in [0.1, 0.15) is 6.10 Å². The number of aliphatic hydroxyl groups is 1. The summed E-state index contributed by atoms with van der Waals surface area (Å²) in [5.41, 5.74) is 0. The number of carbonyl (C=O) groups excluding carboxylic acids is 1. The normalized spacial score (nSPS) is 25.9. The quantitative estimate of drug-likeness (QED) is 0.621. The van der Waals surface area contributed by atoms with Crippen LogP contribution in [-0.4, -0.2) is 46.9 Å². The summed E-state index contributed by atoms with van der Waals surface area (Å²) in [5.74, 6) is -1.33. The summed E-state index contributed by atoms with van der Waals surface area (Å²) in [7, 11) is 0. The van der Waals surface area contributed by atoms with Gasteiger partial charge in [-0.1, -0.05) is 13.8 Å². The van der Waals surface area contributed by atoms with Gasteiger partial charge in [0.15, 0.2) is 6.10 Å². The van der Waals surface area contributed by atoms with E-state index in [0.717, 1.165) is 0 Å². The van der Waals surface area contributed by atoms with E-state index >= 15 is 0 Å². The fourth-order valence-corrected chi connectivity index (χ4v) is 1.57. The predicted octanol–water partition coefficient (Wildman–Crippen LogP) is -0.248. The maximum atomic E-state index is 11.6. The number of carboxylic acid groups (broad SMARTS) is 1. The highest BCUT2D eigenvalue weighted by Gasteiger charge is 2.34. The third-order valence-corrected chi connectivity index (χ3v) is 2.84. The van der Waals surface area contributed by atoms with Crippen LogP contribution >= 0.6 is 0 Å². The van der Waals surface area contributed by atoms with Crippen molar-refractivity contribution in [1.29, 1.82) is 0 Å². The molecule has 1 rings (SSSR count). The Hall–Kier alpha value is -1.14. The molecule has 0 aliphatic carbocycles. The van der Waals surface area contributed by atoms with Gasteiger partial charge in [-0.15, -0.1) is 0 Å². The first-order chi connectivity index (χ1) is 7.91. The minimum Gasteiger partial charge on any atom is -0.479 e. The Morgan fingerprint density at radius 2 is 1.94 bits per heavy atom. The number of nitrogens with one attached hydrogen (secondary N) is 1. The maximum absolute atomic E-state index is 11.6. The number of carbonyl (C=O) groups is 2. The third-order valence-electron chi connectivity index (χ3n) is 2.84. The van der Waals surface area contributed by atoms with Crippen LogP contribution in [0.5, 0.6) is 0 Å². The highest BCUT2D eigenvalue weighted by Crippen LogP contribution is 2.19. The largest absolute Gasteiger partial charge is 0.479 e. The molecule has 1 unspecified atom stereocenters. The summed E-state index contributed by atoms with van der Waals surface area (Å²) < 4.78 is 5.08. The van der Waals surface area contributed by atoms with Gasteiger partial charge >= 0.3 is 5.97 Å². The molecule has 3 atom stereocenters. The van der Waals surface area contributed by atoms with Crippen LogP contribution in [0.1, 0.15) is 26.7 Å². The fourth-order valence-electron chi connectivity index (χ4n) is 1.57. The van der Waals surface area contributed by atoms with E-state index in [1.54, 1.807) is 0 Å². The molecule has 0 saturated carbocycles. The first-order valence-corrected chi connectivity index (χ1v) is 5.76. The zero-order valence-corrected chi connectivity index (χ0v) is 10.0. The second kappa shape index (κ2) is 5.97. The lowest BCUT2D eigenvalue weighted by Gasteiger charge is -2.17. The summed E-state index contributed by atoms with van der Waals surface area (Å²) in [5, 5.41) is 20.8. The molecule has 17 heavy (non-hydrogen) atoms. The number of aliphatic hydroxyl groups excluding tert-OH is 1. The van der Waals surface area contributed by atoms with Crippen LogP contribution in [0.4, 0.5) is 0 Å². The molecule has 0 radical (unpaired) electrons. The summed E-state index contributed by atoms with van der Waals surface area (Å²) in [6.45, 7) is 3.86. The van der Waals surface area contributed by atoms with E-state index in [1.165, 1.54) is 0 Å². The van der Waals surface area contributed by atoms with Crippen molar-refractivity contribution in [1.82, 2.24) is 5.32 Å². The van der Waals surface area contributed by atoms with E-state index in [-0.39, 0.29) is 18.4 Å². The van der Waals surface area contributed by atoms with Crippen LogP contribution in [0.2, 0.25) is 0 Å². The van der Waals surface area contributed by atoms with Crippen molar-refractivity contribution in [3.05, 3.63) is 0 Å². The summed E-state index contributed by atoms with van der Waals surface area (Å²) in [4.78, 5) is 22.2. The SMILES string of the molecule is CC(C)C(O)CNC(=O)[C@@H]1CC[C@H](C(=O)O)O1. The molecular formula is C11H19NO5. The average molecular weight is 245 g/mol. The molecule has 1 aliphatic heterocycles. The number of hydrogen-bond donors (Lipinski definition) is 3. The topological polar surface area (TPSA) is 95.9 Å². The number of hydrogen-bond acceptors (Lipinski definition) is 4. The monoisotopic (exact) mass is 245 g/mol. The van der Waals surface area contributed by atoms with Gasteiger partial charge in [0.2, 0.25) is 5.91 Å². The van der Waals surface area contributed by atoms with Crippen molar-refractivity contribution in [3.8, 4) is 0 Å². The van der Waals surface area contributed by atoms with Crippen LogP contribution in [0.15, 0.2) is 0 Å². The van der Waals surface area contributed by atoms with E-state index < -0.39 is 24.3 Å². The molecule has 1 heterocycles. The van der Waals surface area contributed by atoms with Gasteiger partial charge in [0.25, 0.3) is 0 Å². The van der Waals surface area contributed by atoms with E-state index in [9.17, 15) is 14.7 Å². The Kier molecular flexibility index (Phi) is 4.89. The summed E-state index contributed by atoms with van der Waals surface area (Å²) in [6.07, 6.45) is -1.45. The number of amides is 1. The molecule has 0 spiro atoms. The highest BCUT2D eigenvalue weighted by atomic mass is 16.5. The molecule has 1 saturated heterocycles. The molecular weight excluding hydrogens is 226 g/mol. The number of ether oxygens (including phenoxy) is 1. The van der Waals surface area contributed by atoms with Crippen molar-refractivity contribution >= 4 is 11.9 Å². The Balaban J connectivity index is 2.32. The number of rotatable bonds is 5. The van der Waals surface area contributed by atoms with Crippen LogP contribution in [0.3, 0.4) is 0 Å². The van der Waals surface area contributed by atoms with Gasteiger partial charge in [0.05, 0.1) is 6.10 Å². The maximum Gasteiger partial charge on any atom is 0.332 e. The van der Waals surface area contributed by atoms with Gasteiger partial charge in [-0.05, 0) is 18.8 Å². The van der Waals surface area contributed by atoms with Crippen LogP contribution in [-0.2, 0) is 14.3 Å². The lowest BCUT2D eigenvalue weighted by atomic mass is 10.1. The second-order valence-corrected chi connectivity index (χ2v) is 4.59. The highest BCUT2D eigenvalue weighted by molar-refractivity contribution is 5.82. The zero-order chi connectivity index (χ0) is 13.0. The Bertz CT molecular complexity index is 292. The van der Waals surface area contributed by atoms with Gasteiger partial charge in [-0.2, -0.15) is 0 Å². The average Bonchev–Trinajstić information content (AvgIpc) is 2.74. The predicted molar refractivity (Wildman–Crippen MR) is 59.4 cm³/mol. The van der Waals surface area contributed by atoms with Gasteiger partial charge < -0.3 is 20.3 Å². The number of aliphatic carboxylic acids is 1. The molecule has 6 heteroatoms. The van der Waals surface area contributed by atoms with Gasteiger partial charge in [-0.3, -0.25) is 4.79 Å². The minimum atomic E-state index is -1.04. The second-order valence-electron chi connectivity index (χ2n) is 4.59.